The van der Waals surface area contributed by atoms with Crippen molar-refractivity contribution in [3.63, 3.8) is 0 Å². The van der Waals surface area contributed by atoms with Crippen LogP contribution in [0.5, 0.6) is 0 Å². The molecule has 0 spiro atoms. The van der Waals surface area contributed by atoms with Gasteiger partial charge in [0.15, 0.2) is 5.82 Å². The number of anilines is 1. The summed E-state index contributed by atoms with van der Waals surface area (Å²) in [6, 6.07) is 16.6. The van der Waals surface area contributed by atoms with Crippen molar-refractivity contribution < 1.29 is 4.79 Å². The highest BCUT2D eigenvalue weighted by atomic mass is 16.1. The van der Waals surface area contributed by atoms with Gasteiger partial charge in [0.2, 0.25) is 5.91 Å². The van der Waals surface area contributed by atoms with Crippen molar-refractivity contribution in [3.05, 3.63) is 54.1 Å². The Hall–Kier alpha value is -2.95. The van der Waals surface area contributed by atoms with Gasteiger partial charge in [-0.05, 0) is 19.8 Å². The molecule has 1 amide bonds. The van der Waals surface area contributed by atoms with Crippen LogP contribution in [0.2, 0.25) is 0 Å². The van der Waals surface area contributed by atoms with Crippen LogP contribution >= 0.6 is 0 Å². The maximum atomic E-state index is 11.4. The molecule has 2 aromatic carbocycles. The van der Waals surface area contributed by atoms with Crippen LogP contribution in [-0.2, 0) is 4.79 Å². The van der Waals surface area contributed by atoms with Crippen molar-refractivity contribution in [3.8, 4) is 11.3 Å². The number of nitrogens with two attached hydrogens (primary N) is 1. The van der Waals surface area contributed by atoms with Gasteiger partial charge in [0.25, 0.3) is 0 Å². The third-order valence-electron chi connectivity index (χ3n) is 5.19. The minimum absolute atomic E-state index is 0.0303. The SMILES string of the molecule is Cc1ccc(-c2nnc(N3CCC(C(N)=O)CC3)c3ccccc23)cc1. The molecule has 0 bridgehead atoms. The van der Waals surface area contributed by atoms with Crippen molar-refractivity contribution in [1.29, 1.82) is 0 Å². The predicted octanol–water partition coefficient (Wildman–Crippen LogP) is 3.31. The summed E-state index contributed by atoms with van der Waals surface area (Å²) >= 11 is 0. The lowest BCUT2D eigenvalue weighted by atomic mass is 9.96. The third kappa shape index (κ3) is 3.01. The van der Waals surface area contributed by atoms with Gasteiger partial charge in [-0.15, -0.1) is 10.2 Å². The number of hydrogen-bond acceptors (Lipinski definition) is 4. The van der Waals surface area contributed by atoms with E-state index in [0.717, 1.165) is 53.8 Å². The normalized spacial score (nSPS) is 15.3. The number of aromatic nitrogens is 2. The molecule has 2 N–H and O–H groups in total. The van der Waals surface area contributed by atoms with Gasteiger partial charge in [0.1, 0.15) is 5.69 Å². The summed E-state index contributed by atoms with van der Waals surface area (Å²) in [5.41, 5.74) is 8.64. The van der Waals surface area contributed by atoms with Gasteiger partial charge in [-0.2, -0.15) is 0 Å². The second kappa shape index (κ2) is 6.75. The molecule has 1 saturated heterocycles. The number of rotatable bonds is 3. The Kier molecular flexibility index (Phi) is 4.29. The monoisotopic (exact) mass is 346 g/mol. The molecule has 1 aliphatic heterocycles. The Balaban J connectivity index is 1.73. The van der Waals surface area contributed by atoms with Gasteiger partial charge in [-0.3, -0.25) is 4.79 Å². The number of primary amides is 1. The van der Waals surface area contributed by atoms with Gasteiger partial charge in [-0.25, -0.2) is 0 Å². The van der Waals surface area contributed by atoms with E-state index in [1.54, 1.807) is 0 Å². The summed E-state index contributed by atoms with van der Waals surface area (Å²) in [5, 5.41) is 11.3. The van der Waals surface area contributed by atoms with E-state index < -0.39 is 0 Å². The highest BCUT2D eigenvalue weighted by molar-refractivity contribution is 6.00. The number of amides is 1. The maximum Gasteiger partial charge on any atom is 0.220 e. The van der Waals surface area contributed by atoms with Crippen LogP contribution in [0.25, 0.3) is 22.0 Å². The lowest BCUT2D eigenvalue weighted by Crippen LogP contribution is -2.39. The standard InChI is InChI=1S/C21H22N4O/c1-14-6-8-15(9-7-14)19-17-4-2-3-5-18(17)21(24-23-19)25-12-10-16(11-13-25)20(22)26/h2-9,16H,10-13H2,1H3,(H2,22,26). The predicted molar refractivity (Wildman–Crippen MR) is 104 cm³/mol. The lowest BCUT2D eigenvalue weighted by molar-refractivity contribution is -0.122. The Labute approximate surface area is 152 Å². The van der Waals surface area contributed by atoms with Crippen molar-refractivity contribution >= 4 is 22.5 Å². The molecule has 0 atom stereocenters. The average Bonchev–Trinajstić information content (AvgIpc) is 2.68. The second-order valence-corrected chi connectivity index (χ2v) is 6.95. The van der Waals surface area contributed by atoms with E-state index in [1.165, 1.54) is 5.56 Å². The van der Waals surface area contributed by atoms with Crippen LogP contribution in [0.15, 0.2) is 48.5 Å². The Morgan fingerprint density at radius 3 is 2.31 bits per heavy atom. The average molecular weight is 346 g/mol. The molecular formula is C21H22N4O. The largest absolute Gasteiger partial charge is 0.369 e. The van der Waals surface area contributed by atoms with Gasteiger partial charge < -0.3 is 10.6 Å². The van der Waals surface area contributed by atoms with Crippen LogP contribution in [0.4, 0.5) is 5.82 Å². The molecule has 0 saturated carbocycles. The molecule has 1 aromatic heterocycles. The van der Waals surface area contributed by atoms with Crippen molar-refractivity contribution in [2.24, 2.45) is 11.7 Å². The van der Waals surface area contributed by atoms with Crippen LogP contribution in [0, 0.1) is 12.8 Å². The molecule has 2 heterocycles. The molecule has 1 fully saturated rings. The fraction of sp³-hybridized carbons (Fsp3) is 0.286. The summed E-state index contributed by atoms with van der Waals surface area (Å²) in [5.74, 6) is 0.659. The molecule has 5 heteroatoms. The Bertz CT molecular complexity index is 944. The molecule has 3 aromatic rings. The van der Waals surface area contributed by atoms with E-state index >= 15 is 0 Å². The first kappa shape index (κ1) is 16.5. The number of carbonyl (C=O) groups is 1. The number of benzene rings is 2. The van der Waals surface area contributed by atoms with Gasteiger partial charge in [0.05, 0.1) is 0 Å². The number of nitrogens with zero attached hydrogens (tertiary/aromatic N) is 3. The highest BCUT2D eigenvalue weighted by Gasteiger charge is 2.25. The topological polar surface area (TPSA) is 72.1 Å². The van der Waals surface area contributed by atoms with Crippen molar-refractivity contribution in [2.45, 2.75) is 19.8 Å². The van der Waals surface area contributed by atoms with E-state index in [-0.39, 0.29) is 11.8 Å². The van der Waals surface area contributed by atoms with Gasteiger partial charge >= 0.3 is 0 Å². The summed E-state index contributed by atoms with van der Waals surface area (Å²) < 4.78 is 0. The zero-order valence-electron chi connectivity index (χ0n) is 14.9. The van der Waals surface area contributed by atoms with Crippen LogP contribution in [0.1, 0.15) is 18.4 Å². The van der Waals surface area contributed by atoms with Crippen LogP contribution < -0.4 is 10.6 Å². The number of piperidine rings is 1. The Morgan fingerprint density at radius 1 is 1.00 bits per heavy atom. The highest BCUT2D eigenvalue weighted by Crippen LogP contribution is 2.33. The maximum absolute atomic E-state index is 11.4. The quantitative estimate of drug-likeness (QED) is 0.790. The first-order chi connectivity index (χ1) is 12.6. The molecule has 132 valence electrons. The van der Waals surface area contributed by atoms with E-state index in [1.807, 2.05) is 12.1 Å². The number of fused-ring (bicyclic) bond motifs is 1. The fourth-order valence-electron chi connectivity index (χ4n) is 3.62. The van der Waals surface area contributed by atoms with Gasteiger partial charge in [-0.1, -0.05) is 54.1 Å². The summed E-state index contributed by atoms with van der Waals surface area (Å²) in [4.78, 5) is 13.6. The molecule has 1 aliphatic rings. The minimum atomic E-state index is -0.199. The molecular weight excluding hydrogens is 324 g/mol. The van der Waals surface area contributed by atoms with Crippen molar-refractivity contribution in [2.75, 3.05) is 18.0 Å². The number of aryl methyl sites for hydroxylation is 1. The smallest absolute Gasteiger partial charge is 0.220 e. The third-order valence-corrected chi connectivity index (χ3v) is 5.19. The van der Waals surface area contributed by atoms with Gasteiger partial charge in [0, 0.05) is 35.3 Å². The summed E-state index contributed by atoms with van der Waals surface area (Å²) in [6.07, 6.45) is 1.54. The molecule has 0 radical (unpaired) electrons. The van der Waals surface area contributed by atoms with E-state index in [2.05, 4.69) is 58.4 Å². The summed E-state index contributed by atoms with van der Waals surface area (Å²) in [7, 11) is 0. The molecule has 0 unspecified atom stereocenters. The van der Waals surface area contributed by atoms with E-state index in [0.29, 0.717) is 0 Å². The second-order valence-electron chi connectivity index (χ2n) is 6.95. The fourth-order valence-corrected chi connectivity index (χ4v) is 3.62. The lowest BCUT2D eigenvalue weighted by Gasteiger charge is -2.31. The van der Waals surface area contributed by atoms with E-state index in [4.69, 9.17) is 5.73 Å². The number of carbonyl (C=O) groups excluding carboxylic acids is 1. The van der Waals surface area contributed by atoms with Crippen molar-refractivity contribution in [1.82, 2.24) is 10.2 Å². The first-order valence-corrected chi connectivity index (χ1v) is 9.00. The zero-order valence-corrected chi connectivity index (χ0v) is 14.9. The van der Waals surface area contributed by atoms with Crippen LogP contribution in [0.3, 0.4) is 0 Å². The van der Waals surface area contributed by atoms with E-state index in [9.17, 15) is 4.79 Å². The summed E-state index contributed by atoms with van der Waals surface area (Å²) in [6.45, 7) is 3.62. The molecule has 4 rings (SSSR count). The van der Waals surface area contributed by atoms with Crippen LogP contribution in [-0.4, -0.2) is 29.2 Å². The Morgan fingerprint density at radius 2 is 1.65 bits per heavy atom. The minimum Gasteiger partial charge on any atom is -0.369 e. The zero-order chi connectivity index (χ0) is 18.1. The molecule has 5 nitrogen and oxygen atoms in total. The number of hydrogen-bond donors (Lipinski definition) is 1. The molecule has 26 heavy (non-hydrogen) atoms. The first-order valence-electron chi connectivity index (χ1n) is 9.00. The molecule has 0 aliphatic carbocycles.